The fourth-order valence-electron chi connectivity index (χ4n) is 4.20. The maximum absolute atomic E-state index is 13.9. The van der Waals surface area contributed by atoms with Gasteiger partial charge in [0.2, 0.25) is 0 Å². The van der Waals surface area contributed by atoms with Crippen LogP contribution in [-0.2, 0) is 11.3 Å². The van der Waals surface area contributed by atoms with Gasteiger partial charge in [0.25, 0.3) is 5.91 Å². The van der Waals surface area contributed by atoms with Gasteiger partial charge >= 0.3 is 0 Å². The predicted octanol–water partition coefficient (Wildman–Crippen LogP) is 4.11. The number of aryl methyl sites for hydroxylation is 1. The lowest BCUT2D eigenvalue weighted by Gasteiger charge is -2.35. The smallest absolute Gasteiger partial charge is 0.258 e. The highest BCUT2D eigenvalue weighted by molar-refractivity contribution is 6.07. The molecule has 1 fully saturated rings. The molecule has 1 aromatic heterocycles. The van der Waals surface area contributed by atoms with Crippen LogP contribution in [0, 0.1) is 6.92 Å². The number of benzene rings is 2. The lowest BCUT2D eigenvalue weighted by Crippen LogP contribution is -2.48. The molecule has 2 heterocycles. The van der Waals surface area contributed by atoms with Crippen molar-refractivity contribution in [3.05, 3.63) is 65.4 Å². The lowest BCUT2D eigenvalue weighted by molar-refractivity contribution is 0.0228. The SMILES string of the molecule is COc1ccc2oc(C)c(C(=O)N(Cc3ccccc3)C(C)CN3CCOCC3)c2c1. The molecule has 1 amide bonds. The van der Waals surface area contributed by atoms with Gasteiger partial charge in [0.15, 0.2) is 0 Å². The van der Waals surface area contributed by atoms with E-state index in [1.54, 1.807) is 7.11 Å². The second kappa shape index (κ2) is 9.54. The summed E-state index contributed by atoms with van der Waals surface area (Å²) in [6.45, 7) is 8.59. The van der Waals surface area contributed by atoms with Gasteiger partial charge in [0, 0.05) is 37.6 Å². The van der Waals surface area contributed by atoms with Crippen molar-refractivity contribution in [2.24, 2.45) is 0 Å². The third-order valence-corrected chi connectivity index (χ3v) is 5.90. The van der Waals surface area contributed by atoms with Crippen LogP contribution >= 0.6 is 0 Å². The summed E-state index contributed by atoms with van der Waals surface area (Å²) < 4.78 is 16.8. The van der Waals surface area contributed by atoms with Crippen molar-refractivity contribution in [2.75, 3.05) is 40.0 Å². The van der Waals surface area contributed by atoms with Crippen molar-refractivity contribution < 1.29 is 18.7 Å². The largest absolute Gasteiger partial charge is 0.497 e. The molecule has 0 aliphatic carbocycles. The third-order valence-electron chi connectivity index (χ3n) is 5.90. The van der Waals surface area contributed by atoms with Crippen LogP contribution in [0.4, 0.5) is 0 Å². The van der Waals surface area contributed by atoms with Crippen LogP contribution in [0.3, 0.4) is 0 Å². The number of hydrogen-bond donors (Lipinski definition) is 0. The molecule has 0 bridgehead atoms. The van der Waals surface area contributed by atoms with Crippen molar-refractivity contribution in [2.45, 2.75) is 26.4 Å². The summed E-state index contributed by atoms with van der Waals surface area (Å²) >= 11 is 0. The van der Waals surface area contributed by atoms with Gasteiger partial charge in [-0.1, -0.05) is 30.3 Å². The van der Waals surface area contributed by atoms with Crippen LogP contribution in [0.5, 0.6) is 5.75 Å². The second-order valence-electron chi connectivity index (χ2n) is 8.08. The van der Waals surface area contributed by atoms with Crippen LogP contribution < -0.4 is 4.74 Å². The highest BCUT2D eigenvalue weighted by Gasteiger charge is 2.28. The average molecular weight is 423 g/mol. The molecule has 0 radical (unpaired) electrons. The molecule has 6 heteroatoms. The zero-order valence-corrected chi connectivity index (χ0v) is 18.5. The van der Waals surface area contributed by atoms with Crippen molar-refractivity contribution in [3.8, 4) is 5.75 Å². The predicted molar refractivity (Wildman–Crippen MR) is 121 cm³/mol. The Morgan fingerprint density at radius 3 is 2.61 bits per heavy atom. The number of carbonyl (C=O) groups is 1. The molecule has 0 N–H and O–H groups in total. The minimum absolute atomic E-state index is 0.0193. The van der Waals surface area contributed by atoms with Crippen LogP contribution in [0.15, 0.2) is 52.9 Å². The fourth-order valence-corrected chi connectivity index (χ4v) is 4.20. The van der Waals surface area contributed by atoms with Gasteiger partial charge < -0.3 is 18.8 Å². The lowest BCUT2D eigenvalue weighted by atomic mass is 10.1. The van der Waals surface area contributed by atoms with Crippen LogP contribution in [0.1, 0.15) is 28.6 Å². The average Bonchev–Trinajstić information content (AvgIpc) is 3.13. The Morgan fingerprint density at radius 1 is 1.16 bits per heavy atom. The molecule has 6 nitrogen and oxygen atoms in total. The molecule has 1 aliphatic heterocycles. The summed E-state index contributed by atoms with van der Waals surface area (Å²) in [4.78, 5) is 18.2. The van der Waals surface area contributed by atoms with Crippen LogP contribution in [0.2, 0.25) is 0 Å². The highest BCUT2D eigenvalue weighted by atomic mass is 16.5. The first-order valence-electron chi connectivity index (χ1n) is 10.8. The van der Waals surface area contributed by atoms with E-state index < -0.39 is 0 Å². The van der Waals surface area contributed by atoms with Crippen molar-refractivity contribution in [3.63, 3.8) is 0 Å². The Morgan fingerprint density at radius 2 is 1.90 bits per heavy atom. The van der Waals surface area contributed by atoms with Gasteiger partial charge in [-0.2, -0.15) is 0 Å². The molecule has 1 atom stereocenters. The summed E-state index contributed by atoms with van der Waals surface area (Å²) in [5.74, 6) is 1.32. The normalized spacial score (nSPS) is 15.7. The first-order chi connectivity index (χ1) is 15.1. The molecule has 164 valence electrons. The van der Waals surface area contributed by atoms with Crippen LogP contribution in [0.25, 0.3) is 11.0 Å². The Kier molecular flexibility index (Phi) is 6.59. The number of methoxy groups -OCH3 is 1. The molecule has 4 rings (SSSR count). The van der Waals surface area contributed by atoms with Crippen molar-refractivity contribution >= 4 is 16.9 Å². The maximum atomic E-state index is 13.9. The number of morpholine rings is 1. The van der Waals surface area contributed by atoms with Gasteiger partial charge in [-0.05, 0) is 37.6 Å². The molecule has 3 aromatic rings. The molecule has 2 aromatic carbocycles. The zero-order valence-electron chi connectivity index (χ0n) is 18.5. The number of ether oxygens (including phenoxy) is 2. The summed E-state index contributed by atoms with van der Waals surface area (Å²) in [5.41, 5.74) is 2.41. The zero-order chi connectivity index (χ0) is 21.8. The van der Waals surface area contributed by atoms with E-state index in [2.05, 4.69) is 24.0 Å². The Labute approximate surface area is 183 Å². The maximum Gasteiger partial charge on any atom is 0.258 e. The van der Waals surface area contributed by atoms with E-state index in [0.717, 1.165) is 43.8 Å². The fraction of sp³-hybridized carbons (Fsp3) is 0.400. The van der Waals surface area contributed by atoms with E-state index in [9.17, 15) is 4.79 Å². The van der Waals surface area contributed by atoms with E-state index in [-0.39, 0.29) is 11.9 Å². The number of furan rings is 1. The second-order valence-corrected chi connectivity index (χ2v) is 8.08. The number of hydrogen-bond acceptors (Lipinski definition) is 5. The van der Waals surface area contributed by atoms with E-state index in [4.69, 9.17) is 13.9 Å². The Hall–Kier alpha value is -2.83. The van der Waals surface area contributed by atoms with Crippen molar-refractivity contribution in [1.29, 1.82) is 0 Å². The topological polar surface area (TPSA) is 55.2 Å². The molecular formula is C25H30N2O4. The third kappa shape index (κ3) is 4.75. The number of carbonyl (C=O) groups excluding carboxylic acids is 1. The van der Waals surface area contributed by atoms with Crippen LogP contribution in [-0.4, -0.2) is 61.7 Å². The molecule has 0 saturated carbocycles. The molecular weight excluding hydrogens is 392 g/mol. The number of nitrogens with zero attached hydrogens (tertiary/aromatic N) is 2. The van der Waals surface area contributed by atoms with E-state index in [1.807, 2.05) is 48.2 Å². The first-order valence-corrected chi connectivity index (χ1v) is 10.8. The summed E-state index contributed by atoms with van der Waals surface area (Å²) in [7, 11) is 1.63. The summed E-state index contributed by atoms with van der Waals surface area (Å²) in [5, 5.41) is 0.790. The Bertz CT molecular complexity index is 1020. The minimum atomic E-state index is -0.0193. The number of fused-ring (bicyclic) bond motifs is 1. The van der Waals surface area contributed by atoms with Gasteiger partial charge in [-0.25, -0.2) is 0 Å². The standard InChI is InChI=1S/C25H30N2O4/c1-18(16-26-11-13-30-14-12-26)27(17-20-7-5-4-6-8-20)25(28)24-19(2)31-23-10-9-21(29-3)15-22(23)24/h4-10,15,18H,11-14,16-17H2,1-3H3. The molecule has 1 aliphatic rings. The van der Waals surface area contributed by atoms with Gasteiger partial charge in [-0.3, -0.25) is 9.69 Å². The first kappa shape index (κ1) is 21.4. The van der Waals surface area contributed by atoms with E-state index in [1.165, 1.54) is 0 Å². The monoisotopic (exact) mass is 422 g/mol. The van der Waals surface area contributed by atoms with Gasteiger partial charge in [0.1, 0.15) is 17.1 Å². The minimum Gasteiger partial charge on any atom is -0.497 e. The molecule has 1 unspecified atom stereocenters. The van der Waals surface area contributed by atoms with Gasteiger partial charge in [0.05, 0.1) is 25.9 Å². The van der Waals surface area contributed by atoms with E-state index >= 15 is 0 Å². The summed E-state index contributed by atoms with van der Waals surface area (Å²) in [6.07, 6.45) is 0. The van der Waals surface area contributed by atoms with Crippen molar-refractivity contribution in [1.82, 2.24) is 9.80 Å². The van der Waals surface area contributed by atoms with Gasteiger partial charge in [-0.15, -0.1) is 0 Å². The highest BCUT2D eigenvalue weighted by Crippen LogP contribution is 2.31. The number of amides is 1. The Balaban J connectivity index is 1.67. The summed E-state index contributed by atoms with van der Waals surface area (Å²) in [6, 6.07) is 15.7. The number of rotatable bonds is 7. The van der Waals surface area contributed by atoms with E-state index in [0.29, 0.717) is 29.2 Å². The molecule has 31 heavy (non-hydrogen) atoms. The molecule has 0 spiro atoms. The quantitative estimate of drug-likeness (QED) is 0.574. The molecule has 1 saturated heterocycles.